The molecular formula is C17H14BrN3O4S2. The van der Waals surface area contributed by atoms with Gasteiger partial charge in [-0.1, -0.05) is 39.8 Å². The molecule has 0 saturated heterocycles. The summed E-state index contributed by atoms with van der Waals surface area (Å²) in [6.07, 6.45) is 0. The molecule has 0 radical (unpaired) electrons. The largest absolute Gasteiger partial charge is 0.283 e. The van der Waals surface area contributed by atoms with Gasteiger partial charge in [0, 0.05) is 10.5 Å². The van der Waals surface area contributed by atoms with Crippen molar-refractivity contribution in [3.63, 3.8) is 0 Å². The van der Waals surface area contributed by atoms with Gasteiger partial charge in [-0.2, -0.15) is 17.6 Å². The number of hydrogen-bond donors (Lipinski definition) is 0. The second kappa shape index (κ2) is 7.45. The summed E-state index contributed by atoms with van der Waals surface area (Å²) in [7, 11) is -3.87. The molecule has 0 fully saturated rings. The van der Waals surface area contributed by atoms with Crippen molar-refractivity contribution in [1.82, 2.24) is 9.19 Å². The van der Waals surface area contributed by atoms with E-state index in [4.69, 9.17) is 0 Å². The van der Waals surface area contributed by atoms with Gasteiger partial charge in [0.1, 0.15) is 0 Å². The number of rotatable bonds is 5. The Kier molecular flexibility index (Phi) is 5.41. The molecule has 1 heterocycles. The lowest BCUT2D eigenvalue weighted by Crippen LogP contribution is -2.16. The molecule has 0 atom stereocenters. The van der Waals surface area contributed by atoms with Crippen LogP contribution in [0.25, 0.3) is 0 Å². The van der Waals surface area contributed by atoms with E-state index in [1.54, 1.807) is 44.2 Å². The average molecular weight is 468 g/mol. The summed E-state index contributed by atoms with van der Waals surface area (Å²) in [5, 5.41) is 15.4. The molecule has 0 saturated carbocycles. The highest BCUT2D eigenvalue weighted by Gasteiger charge is 2.25. The molecule has 3 aromatic rings. The third-order valence-corrected chi connectivity index (χ3v) is 7.37. The van der Waals surface area contributed by atoms with Gasteiger partial charge < -0.3 is 0 Å². The number of benzene rings is 2. The lowest BCUT2D eigenvalue weighted by molar-refractivity contribution is -0.387. The van der Waals surface area contributed by atoms with Gasteiger partial charge in [0.2, 0.25) is 0 Å². The zero-order valence-corrected chi connectivity index (χ0v) is 17.5. The first-order valence-corrected chi connectivity index (χ1v) is 10.8. The van der Waals surface area contributed by atoms with Crippen LogP contribution in [0.3, 0.4) is 0 Å². The lowest BCUT2D eigenvalue weighted by atomic mass is 10.3. The van der Waals surface area contributed by atoms with E-state index in [9.17, 15) is 18.5 Å². The third kappa shape index (κ3) is 3.78. The minimum atomic E-state index is -3.87. The van der Waals surface area contributed by atoms with Crippen LogP contribution >= 0.6 is 27.7 Å². The number of nitrogens with zero attached hydrogens (tertiary/aromatic N) is 3. The normalized spacial score (nSPS) is 11.5. The molecule has 0 bridgehead atoms. The maximum absolute atomic E-state index is 12.9. The number of aromatic nitrogens is 2. The Morgan fingerprint density at radius 1 is 1.11 bits per heavy atom. The van der Waals surface area contributed by atoms with E-state index in [1.807, 2.05) is 0 Å². The molecule has 1 aromatic heterocycles. The van der Waals surface area contributed by atoms with Gasteiger partial charge in [-0.15, -0.1) is 0 Å². The van der Waals surface area contributed by atoms with Gasteiger partial charge in [0.25, 0.3) is 15.7 Å². The molecule has 7 nitrogen and oxygen atoms in total. The highest BCUT2D eigenvalue weighted by atomic mass is 79.9. The summed E-state index contributed by atoms with van der Waals surface area (Å²) in [5.74, 6) is 0. The zero-order chi connectivity index (χ0) is 19.8. The predicted octanol–water partition coefficient (Wildman–Crippen LogP) is 4.56. The SMILES string of the molecule is Cc1nn(S(=O)(=O)c2ccc(Br)cc2)c(C)c1Sc1ccccc1[N+](=O)[O-]. The standard InChI is InChI=1S/C17H14BrN3O4S2/c1-11-17(26-16-6-4-3-5-15(16)21(22)23)12(2)20(19-11)27(24,25)14-9-7-13(18)8-10-14/h3-10H,1-2H3. The summed E-state index contributed by atoms with van der Waals surface area (Å²) >= 11 is 4.41. The zero-order valence-electron chi connectivity index (χ0n) is 14.3. The molecular weight excluding hydrogens is 454 g/mol. The Morgan fingerprint density at radius 2 is 1.74 bits per heavy atom. The first-order valence-electron chi connectivity index (χ1n) is 7.70. The molecule has 0 unspecified atom stereocenters. The molecule has 27 heavy (non-hydrogen) atoms. The van der Waals surface area contributed by atoms with Crippen LogP contribution in [0.1, 0.15) is 11.4 Å². The molecule has 2 aromatic carbocycles. The first kappa shape index (κ1) is 19.6. The molecule has 0 N–H and O–H groups in total. The van der Waals surface area contributed by atoms with Gasteiger partial charge in [-0.25, -0.2) is 0 Å². The molecule has 3 rings (SSSR count). The van der Waals surface area contributed by atoms with Crippen LogP contribution in [0, 0.1) is 24.0 Å². The van der Waals surface area contributed by atoms with E-state index in [2.05, 4.69) is 21.0 Å². The minimum absolute atomic E-state index is 0.0372. The van der Waals surface area contributed by atoms with Crippen LogP contribution in [-0.4, -0.2) is 22.5 Å². The smallest absolute Gasteiger partial charge is 0.258 e. The van der Waals surface area contributed by atoms with Gasteiger partial charge in [-0.3, -0.25) is 10.1 Å². The second-order valence-corrected chi connectivity index (χ2v) is 9.36. The van der Waals surface area contributed by atoms with Crippen molar-refractivity contribution in [2.24, 2.45) is 0 Å². The van der Waals surface area contributed by atoms with E-state index in [-0.39, 0.29) is 10.6 Å². The predicted molar refractivity (Wildman–Crippen MR) is 106 cm³/mol. The highest BCUT2D eigenvalue weighted by molar-refractivity contribution is 9.10. The van der Waals surface area contributed by atoms with Crippen molar-refractivity contribution in [3.8, 4) is 0 Å². The summed E-state index contributed by atoms with van der Waals surface area (Å²) in [4.78, 5) is 11.9. The van der Waals surface area contributed by atoms with Crippen molar-refractivity contribution in [2.45, 2.75) is 28.5 Å². The summed E-state index contributed by atoms with van der Waals surface area (Å²) < 4.78 is 27.6. The number of nitro groups is 1. The molecule has 0 aliphatic rings. The van der Waals surface area contributed by atoms with Gasteiger partial charge in [0.15, 0.2) is 0 Å². The van der Waals surface area contributed by atoms with E-state index >= 15 is 0 Å². The van der Waals surface area contributed by atoms with E-state index in [0.29, 0.717) is 21.2 Å². The van der Waals surface area contributed by atoms with E-state index in [0.717, 1.165) is 20.3 Å². The third-order valence-electron chi connectivity index (χ3n) is 3.80. The Labute approximate surface area is 168 Å². The summed E-state index contributed by atoms with van der Waals surface area (Å²) in [6, 6.07) is 12.6. The first-order chi connectivity index (χ1) is 12.7. The molecule has 0 spiro atoms. The summed E-state index contributed by atoms with van der Waals surface area (Å²) in [6.45, 7) is 3.31. The fraction of sp³-hybridized carbons (Fsp3) is 0.118. The Balaban J connectivity index is 2.06. The Hall–Kier alpha value is -2.17. The van der Waals surface area contributed by atoms with E-state index in [1.165, 1.54) is 18.2 Å². The number of para-hydroxylation sites is 1. The van der Waals surface area contributed by atoms with Crippen molar-refractivity contribution in [1.29, 1.82) is 0 Å². The number of hydrogen-bond acceptors (Lipinski definition) is 6. The maximum atomic E-state index is 12.9. The van der Waals surface area contributed by atoms with Crippen molar-refractivity contribution >= 4 is 43.4 Å². The van der Waals surface area contributed by atoms with E-state index < -0.39 is 14.9 Å². The fourth-order valence-electron chi connectivity index (χ4n) is 2.50. The molecule has 10 heteroatoms. The van der Waals surface area contributed by atoms with Gasteiger partial charge in [0.05, 0.1) is 31.0 Å². The minimum Gasteiger partial charge on any atom is -0.258 e. The molecule has 140 valence electrons. The van der Waals surface area contributed by atoms with Gasteiger partial charge >= 0.3 is 0 Å². The number of aryl methyl sites for hydroxylation is 1. The quantitative estimate of drug-likeness (QED) is 0.403. The fourth-order valence-corrected chi connectivity index (χ4v) is 5.22. The number of nitro benzene ring substituents is 1. The lowest BCUT2D eigenvalue weighted by Gasteiger charge is -2.07. The van der Waals surface area contributed by atoms with Crippen LogP contribution in [-0.2, 0) is 10.0 Å². The monoisotopic (exact) mass is 467 g/mol. The summed E-state index contributed by atoms with van der Waals surface area (Å²) in [5.41, 5.74) is 0.847. The topological polar surface area (TPSA) is 95.1 Å². The number of halogens is 1. The van der Waals surface area contributed by atoms with Crippen molar-refractivity contribution < 1.29 is 13.3 Å². The molecule has 0 aliphatic heterocycles. The Bertz CT molecular complexity index is 1130. The highest BCUT2D eigenvalue weighted by Crippen LogP contribution is 2.38. The van der Waals surface area contributed by atoms with Crippen LogP contribution in [0.15, 0.2) is 67.7 Å². The molecule has 0 aliphatic carbocycles. The van der Waals surface area contributed by atoms with Crippen LogP contribution < -0.4 is 0 Å². The van der Waals surface area contributed by atoms with Gasteiger partial charge in [-0.05, 0) is 44.2 Å². The van der Waals surface area contributed by atoms with Crippen LogP contribution in [0.5, 0.6) is 0 Å². The second-order valence-electron chi connectivity index (χ2n) is 5.63. The maximum Gasteiger partial charge on any atom is 0.283 e. The Morgan fingerprint density at radius 3 is 2.37 bits per heavy atom. The van der Waals surface area contributed by atoms with Crippen molar-refractivity contribution in [2.75, 3.05) is 0 Å². The average Bonchev–Trinajstić information content (AvgIpc) is 2.91. The van der Waals surface area contributed by atoms with Crippen LogP contribution in [0.4, 0.5) is 5.69 Å². The molecule has 0 amide bonds. The van der Waals surface area contributed by atoms with Crippen molar-refractivity contribution in [3.05, 3.63) is 74.5 Å². The van der Waals surface area contributed by atoms with Crippen LogP contribution in [0.2, 0.25) is 0 Å².